The highest BCUT2D eigenvalue weighted by Gasteiger charge is 2.05. The maximum Gasteiger partial charge on any atom is 0.298 e. The molecule has 0 amide bonds. The summed E-state index contributed by atoms with van der Waals surface area (Å²) in [5, 5.41) is 6.87. The minimum Gasteiger partial charge on any atom is -0.429 e. The molecular formula is C9H5ClN2O3. The van der Waals surface area contributed by atoms with E-state index >= 15 is 0 Å². The maximum absolute atomic E-state index is 11.4. The van der Waals surface area contributed by atoms with E-state index in [1.807, 2.05) is 0 Å². The van der Waals surface area contributed by atoms with E-state index in [1.54, 1.807) is 6.07 Å². The van der Waals surface area contributed by atoms with Crippen molar-refractivity contribution in [3.8, 4) is 5.75 Å². The largest absolute Gasteiger partial charge is 0.429 e. The van der Waals surface area contributed by atoms with Crippen LogP contribution >= 0.6 is 11.6 Å². The Morgan fingerprint density at radius 3 is 2.93 bits per heavy atom. The smallest absolute Gasteiger partial charge is 0.298 e. The molecule has 2 rings (SSSR count). The van der Waals surface area contributed by atoms with Gasteiger partial charge in [-0.3, -0.25) is 9.59 Å². The van der Waals surface area contributed by atoms with Crippen molar-refractivity contribution >= 4 is 28.8 Å². The lowest BCUT2D eigenvalue weighted by Crippen LogP contribution is -2.08. The molecular weight excluding hydrogens is 220 g/mol. The van der Waals surface area contributed by atoms with Gasteiger partial charge in [-0.2, -0.15) is 5.10 Å². The van der Waals surface area contributed by atoms with E-state index in [2.05, 4.69) is 14.9 Å². The zero-order chi connectivity index (χ0) is 10.8. The molecule has 0 aliphatic rings. The lowest BCUT2D eigenvalue weighted by atomic mass is 10.2. The number of aromatic amines is 1. The third kappa shape index (κ3) is 1.69. The second kappa shape index (κ2) is 3.70. The number of aromatic nitrogens is 2. The van der Waals surface area contributed by atoms with Crippen LogP contribution in [0.2, 0.25) is 5.15 Å². The van der Waals surface area contributed by atoms with E-state index in [0.29, 0.717) is 10.8 Å². The highest BCUT2D eigenvalue weighted by atomic mass is 35.5. The molecule has 1 heterocycles. The summed E-state index contributed by atoms with van der Waals surface area (Å²) < 4.78 is 4.61. The van der Waals surface area contributed by atoms with Crippen molar-refractivity contribution in [2.75, 3.05) is 0 Å². The Morgan fingerprint density at radius 1 is 1.40 bits per heavy atom. The Labute approximate surface area is 88.6 Å². The second-order valence-electron chi connectivity index (χ2n) is 2.77. The number of nitrogens with zero attached hydrogens (tertiary/aromatic N) is 1. The van der Waals surface area contributed by atoms with Gasteiger partial charge in [0.05, 0.1) is 5.39 Å². The van der Waals surface area contributed by atoms with E-state index < -0.39 is 0 Å². The van der Waals surface area contributed by atoms with E-state index in [9.17, 15) is 9.59 Å². The first-order chi connectivity index (χ1) is 7.22. The molecule has 0 unspecified atom stereocenters. The van der Waals surface area contributed by atoms with E-state index in [1.165, 1.54) is 12.1 Å². The number of hydrogen-bond donors (Lipinski definition) is 1. The summed E-state index contributed by atoms with van der Waals surface area (Å²) in [4.78, 5) is 21.5. The first-order valence-corrected chi connectivity index (χ1v) is 4.38. The van der Waals surface area contributed by atoms with Crippen molar-refractivity contribution < 1.29 is 9.53 Å². The molecule has 2 aromatic rings. The molecule has 0 saturated heterocycles. The van der Waals surface area contributed by atoms with Gasteiger partial charge in [-0.05, 0) is 18.2 Å². The molecule has 1 aromatic heterocycles. The van der Waals surface area contributed by atoms with Crippen molar-refractivity contribution in [2.24, 2.45) is 0 Å². The zero-order valence-electron chi connectivity index (χ0n) is 7.36. The Hall–Kier alpha value is -1.88. The SMILES string of the molecule is O=COc1ccc2c(Cl)n[nH]c(=O)c2c1. The summed E-state index contributed by atoms with van der Waals surface area (Å²) in [7, 11) is 0. The van der Waals surface area contributed by atoms with Gasteiger partial charge in [0.15, 0.2) is 5.15 Å². The zero-order valence-corrected chi connectivity index (χ0v) is 8.12. The van der Waals surface area contributed by atoms with Crippen LogP contribution in [0.4, 0.5) is 0 Å². The van der Waals surface area contributed by atoms with Gasteiger partial charge in [0.25, 0.3) is 12.0 Å². The van der Waals surface area contributed by atoms with Gasteiger partial charge in [0, 0.05) is 5.39 Å². The highest BCUT2D eigenvalue weighted by Crippen LogP contribution is 2.21. The van der Waals surface area contributed by atoms with Crippen LogP contribution in [-0.2, 0) is 4.79 Å². The molecule has 0 saturated carbocycles. The molecule has 0 fully saturated rings. The topological polar surface area (TPSA) is 72.0 Å². The molecule has 1 N–H and O–H groups in total. The number of hydrogen-bond acceptors (Lipinski definition) is 4. The number of H-pyrrole nitrogens is 1. The molecule has 1 aromatic carbocycles. The number of benzene rings is 1. The highest BCUT2D eigenvalue weighted by molar-refractivity contribution is 6.34. The number of rotatable bonds is 2. The average Bonchev–Trinajstić information content (AvgIpc) is 2.24. The van der Waals surface area contributed by atoms with Crippen molar-refractivity contribution in [1.82, 2.24) is 10.2 Å². The van der Waals surface area contributed by atoms with Crippen LogP contribution in [0.5, 0.6) is 5.75 Å². The fourth-order valence-electron chi connectivity index (χ4n) is 1.24. The standard InChI is InChI=1S/C9H5ClN2O3/c10-8-6-2-1-5(15-4-13)3-7(6)9(14)12-11-8/h1-4H,(H,12,14). The van der Waals surface area contributed by atoms with Gasteiger partial charge in [-0.15, -0.1) is 0 Å². The molecule has 0 bridgehead atoms. The average molecular weight is 225 g/mol. The lowest BCUT2D eigenvalue weighted by Gasteiger charge is -2.00. The van der Waals surface area contributed by atoms with Crippen molar-refractivity contribution in [2.45, 2.75) is 0 Å². The summed E-state index contributed by atoms with van der Waals surface area (Å²) >= 11 is 5.77. The summed E-state index contributed by atoms with van der Waals surface area (Å²) in [6.45, 7) is 0.290. The predicted molar refractivity (Wildman–Crippen MR) is 54.1 cm³/mol. The fourth-order valence-corrected chi connectivity index (χ4v) is 1.45. The normalized spacial score (nSPS) is 10.2. The second-order valence-corrected chi connectivity index (χ2v) is 3.12. The molecule has 15 heavy (non-hydrogen) atoms. The van der Waals surface area contributed by atoms with Gasteiger partial charge in [-0.1, -0.05) is 11.6 Å². The molecule has 6 heteroatoms. The summed E-state index contributed by atoms with van der Waals surface area (Å²) in [6, 6.07) is 4.53. The number of fused-ring (bicyclic) bond motifs is 1. The van der Waals surface area contributed by atoms with Crippen LogP contribution in [0, 0.1) is 0 Å². The molecule has 5 nitrogen and oxygen atoms in total. The summed E-state index contributed by atoms with van der Waals surface area (Å²) in [5.74, 6) is 0.283. The molecule has 0 radical (unpaired) electrons. The molecule has 0 atom stereocenters. The molecule has 76 valence electrons. The first-order valence-electron chi connectivity index (χ1n) is 4.00. The predicted octanol–water partition coefficient (Wildman–Crippen LogP) is 1.11. The third-order valence-electron chi connectivity index (χ3n) is 1.90. The van der Waals surface area contributed by atoms with Gasteiger partial charge in [-0.25, -0.2) is 5.10 Å². The number of nitrogens with one attached hydrogen (secondary N) is 1. The van der Waals surface area contributed by atoms with E-state index in [-0.39, 0.29) is 22.9 Å². The van der Waals surface area contributed by atoms with Crippen LogP contribution in [0.1, 0.15) is 0 Å². The summed E-state index contributed by atoms with van der Waals surface area (Å²) in [5.41, 5.74) is -0.384. The van der Waals surface area contributed by atoms with Crippen LogP contribution in [0.15, 0.2) is 23.0 Å². The van der Waals surface area contributed by atoms with Gasteiger partial charge in [0.1, 0.15) is 5.75 Å². The maximum atomic E-state index is 11.4. The third-order valence-corrected chi connectivity index (χ3v) is 2.19. The van der Waals surface area contributed by atoms with Gasteiger partial charge >= 0.3 is 0 Å². The summed E-state index contributed by atoms with van der Waals surface area (Å²) in [6.07, 6.45) is 0. The Kier molecular flexibility index (Phi) is 2.39. The number of halogens is 1. The minimum absolute atomic E-state index is 0.197. The molecule has 0 spiro atoms. The Bertz CT molecular complexity index is 579. The first kappa shape index (κ1) is 9.67. The Balaban J connectivity index is 2.75. The molecule has 0 aliphatic heterocycles. The minimum atomic E-state index is -0.384. The number of carbonyl (C=O) groups is 1. The number of carbonyl (C=O) groups excluding carboxylic acids is 1. The van der Waals surface area contributed by atoms with Crippen LogP contribution < -0.4 is 10.3 Å². The monoisotopic (exact) mass is 224 g/mol. The van der Waals surface area contributed by atoms with Crippen molar-refractivity contribution in [3.63, 3.8) is 0 Å². The van der Waals surface area contributed by atoms with Crippen LogP contribution in [-0.4, -0.2) is 16.7 Å². The number of ether oxygens (including phenoxy) is 1. The molecule has 0 aliphatic carbocycles. The van der Waals surface area contributed by atoms with Crippen LogP contribution in [0.3, 0.4) is 0 Å². The quantitative estimate of drug-likeness (QED) is 0.776. The van der Waals surface area contributed by atoms with Gasteiger partial charge in [0.2, 0.25) is 0 Å². The fraction of sp³-hybridized carbons (Fsp3) is 0. The lowest BCUT2D eigenvalue weighted by molar-refractivity contribution is -0.120. The van der Waals surface area contributed by atoms with Crippen LogP contribution in [0.25, 0.3) is 10.8 Å². The van der Waals surface area contributed by atoms with Gasteiger partial charge < -0.3 is 4.74 Å². The van der Waals surface area contributed by atoms with Crippen molar-refractivity contribution in [1.29, 1.82) is 0 Å². The van der Waals surface area contributed by atoms with E-state index in [4.69, 9.17) is 11.6 Å². The van der Waals surface area contributed by atoms with Crippen molar-refractivity contribution in [3.05, 3.63) is 33.7 Å². The van der Waals surface area contributed by atoms with E-state index in [0.717, 1.165) is 0 Å². The Morgan fingerprint density at radius 2 is 2.20 bits per heavy atom.